The van der Waals surface area contributed by atoms with Gasteiger partial charge < -0.3 is 9.80 Å². The summed E-state index contributed by atoms with van der Waals surface area (Å²) in [6.07, 6.45) is 6.87. The molecule has 4 heterocycles. The van der Waals surface area contributed by atoms with Crippen molar-refractivity contribution < 1.29 is 19.2 Å². The van der Waals surface area contributed by atoms with Gasteiger partial charge in [-0.3, -0.25) is 29.3 Å². The van der Waals surface area contributed by atoms with Crippen molar-refractivity contribution >= 4 is 40.2 Å². The molecule has 0 spiro atoms. The summed E-state index contributed by atoms with van der Waals surface area (Å²) in [6.45, 7) is 7.52. The second-order valence-electron chi connectivity index (χ2n) is 12.4. The Hall–Kier alpha value is -4.21. The van der Waals surface area contributed by atoms with Crippen molar-refractivity contribution in [2.45, 2.75) is 70.5 Å². The van der Waals surface area contributed by atoms with Crippen LogP contribution in [0.25, 0.3) is 10.8 Å². The van der Waals surface area contributed by atoms with Crippen molar-refractivity contribution in [1.82, 2.24) is 24.9 Å². The number of carbonyl (C=O) groups is 4. The van der Waals surface area contributed by atoms with Crippen LogP contribution < -0.4 is 10.2 Å². The predicted octanol–water partition coefficient (Wildman–Crippen LogP) is 3.88. The number of piperidine rings is 2. The van der Waals surface area contributed by atoms with Crippen molar-refractivity contribution in [3.05, 3.63) is 59.4 Å². The molecule has 5 amide bonds. The maximum atomic E-state index is 13.4. The van der Waals surface area contributed by atoms with Crippen molar-refractivity contribution in [2.24, 2.45) is 0 Å². The number of hydrogen-bond donors (Lipinski definition) is 1. The van der Waals surface area contributed by atoms with Gasteiger partial charge in [0, 0.05) is 55.7 Å². The molecule has 10 nitrogen and oxygen atoms in total. The fraction of sp³-hybridized carbons (Fsp3) is 0.452. The Morgan fingerprint density at radius 2 is 1.83 bits per heavy atom. The van der Waals surface area contributed by atoms with Crippen molar-refractivity contribution in [1.29, 1.82) is 0 Å². The van der Waals surface area contributed by atoms with Crippen LogP contribution in [0.2, 0.25) is 0 Å². The van der Waals surface area contributed by atoms with Gasteiger partial charge in [0.2, 0.25) is 11.8 Å². The highest BCUT2D eigenvalue weighted by atomic mass is 16.2. The van der Waals surface area contributed by atoms with Crippen LogP contribution in [0.4, 0.5) is 10.5 Å². The van der Waals surface area contributed by atoms with Gasteiger partial charge in [0.25, 0.3) is 5.91 Å². The molecule has 3 aromatic rings. The molecular weight excluding hydrogens is 520 g/mol. The standard InChI is InChI=1S/C31H36N6O4/c1-31(2,3)34(4)30(41)35-14-12-21(13-15-35)36-18-19(17-32-36)16-20-8-9-24-27-22(20)6-5-7-23(27)29(40)37(24)25-10-11-26(38)33-28(25)39/h5-9,17-18,21,25H,10-16H2,1-4H3,(H,33,38,39). The molecule has 41 heavy (non-hydrogen) atoms. The van der Waals surface area contributed by atoms with E-state index < -0.39 is 11.9 Å². The number of amides is 5. The summed E-state index contributed by atoms with van der Waals surface area (Å²) in [5.74, 6) is -0.935. The SMILES string of the molecule is CN(C(=O)N1CCC(n2cc(Cc3ccc4c5c(cccc35)C(=O)N4C3CCC(=O)NC3=O)cn2)CC1)C(C)(C)C. The van der Waals surface area contributed by atoms with Crippen LogP contribution in [0.5, 0.6) is 0 Å². The van der Waals surface area contributed by atoms with Gasteiger partial charge in [-0.15, -0.1) is 0 Å². The molecule has 6 rings (SSSR count). The van der Waals surface area contributed by atoms with Gasteiger partial charge >= 0.3 is 6.03 Å². The summed E-state index contributed by atoms with van der Waals surface area (Å²) < 4.78 is 2.03. The van der Waals surface area contributed by atoms with Crippen molar-refractivity contribution in [3.8, 4) is 0 Å². The molecule has 214 valence electrons. The molecule has 1 unspecified atom stereocenters. The molecule has 1 aromatic heterocycles. The average molecular weight is 557 g/mol. The summed E-state index contributed by atoms with van der Waals surface area (Å²) in [6, 6.07) is 9.25. The zero-order valence-corrected chi connectivity index (χ0v) is 24.0. The van der Waals surface area contributed by atoms with E-state index in [0.29, 0.717) is 37.2 Å². The lowest BCUT2D eigenvalue weighted by Crippen LogP contribution is -2.53. The van der Waals surface area contributed by atoms with E-state index in [1.165, 1.54) is 0 Å². The number of anilines is 1. The molecule has 0 bridgehead atoms. The summed E-state index contributed by atoms with van der Waals surface area (Å²) in [4.78, 5) is 55.9. The molecule has 0 aliphatic carbocycles. The number of nitrogens with zero attached hydrogens (tertiary/aromatic N) is 5. The third kappa shape index (κ3) is 4.75. The van der Waals surface area contributed by atoms with Crippen LogP contribution >= 0.6 is 0 Å². The lowest BCUT2D eigenvalue weighted by Gasteiger charge is -2.39. The number of nitrogens with one attached hydrogen (secondary N) is 1. The first kappa shape index (κ1) is 27.0. The van der Waals surface area contributed by atoms with Crippen LogP contribution in [0.1, 0.15) is 74.0 Å². The fourth-order valence-electron chi connectivity index (χ4n) is 6.17. The average Bonchev–Trinajstić information content (AvgIpc) is 3.52. The lowest BCUT2D eigenvalue weighted by atomic mass is 9.97. The summed E-state index contributed by atoms with van der Waals surface area (Å²) in [7, 11) is 1.86. The normalized spacial score (nSPS) is 19.7. The summed E-state index contributed by atoms with van der Waals surface area (Å²) in [5.41, 5.74) is 3.23. The molecule has 2 aromatic carbocycles. The molecule has 1 N–H and O–H groups in total. The highest BCUT2D eigenvalue weighted by Crippen LogP contribution is 2.41. The third-order valence-corrected chi connectivity index (χ3v) is 8.79. The zero-order chi connectivity index (χ0) is 29.1. The number of rotatable bonds is 4. The minimum absolute atomic E-state index is 0.0683. The quantitative estimate of drug-likeness (QED) is 0.491. The van der Waals surface area contributed by atoms with E-state index in [-0.39, 0.29) is 35.8 Å². The van der Waals surface area contributed by atoms with E-state index >= 15 is 0 Å². The van der Waals surface area contributed by atoms with Crippen LogP contribution in [0.15, 0.2) is 42.7 Å². The fourth-order valence-corrected chi connectivity index (χ4v) is 6.17. The largest absolute Gasteiger partial charge is 0.324 e. The second kappa shape index (κ2) is 10.0. The van der Waals surface area contributed by atoms with E-state index in [2.05, 4.69) is 16.6 Å². The Balaban J connectivity index is 1.18. The van der Waals surface area contributed by atoms with E-state index in [1.807, 2.05) is 67.9 Å². The highest BCUT2D eigenvalue weighted by Gasteiger charge is 2.41. The highest BCUT2D eigenvalue weighted by molar-refractivity contribution is 6.27. The number of hydrogen-bond acceptors (Lipinski definition) is 5. The van der Waals surface area contributed by atoms with Gasteiger partial charge in [0.05, 0.1) is 17.9 Å². The summed E-state index contributed by atoms with van der Waals surface area (Å²) in [5, 5.41) is 8.88. The van der Waals surface area contributed by atoms with Gasteiger partial charge in [-0.1, -0.05) is 18.2 Å². The first-order chi connectivity index (χ1) is 19.5. The number of benzene rings is 2. The molecule has 0 radical (unpaired) electrons. The Bertz CT molecular complexity index is 1560. The van der Waals surface area contributed by atoms with Gasteiger partial charge in [-0.2, -0.15) is 5.10 Å². The van der Waals surface area contributed by atoms with Crippen LogP contribution in [0.3, 0.4) is 0 Å². The number of likely N-dealkylation sites (tertiary alicyclic amines) is 1. The number of carbonyl (C=O) groups excluding carboxylic acids is 4. The van der Waals surface area contributed by atoms with E-state index in [4.69, 9.17) is 0 Å². The molecule has 1 atom stereocenters. The summed E-state index contributed by atoms with van der Waals surface area (Å²) >= 11 is 0. The van der Waals surface area contributed by atoms with Gasteiger partial charge in [0.15, 0.2) is 0 Å². The van der Waals surface area contributed by atoms with E-state index in [9.17, 15) is 19.2 Å². The van der Waals surface area contributed by atoms with Gasteiger partial charge in [-0.05, 0) is 68.7 Å². The molecular formula is C31H36N6O4. The molecule has 10 heteroatoms. The van der Waals surface area contributed by atoms with E-state index in [1.54, 1.807) is 15.9 Å². The van der Waals surface area contributed by atoms with Crippen molar-refractivity contribution in [2.75, 3.05) is 25.0 Å². The topological polar surface area (TPSA) is 108 Å². The molecule has 2 saturated heterocycles. The van der Waals surface area contributed by atoms with E-state index in [0.717, 1.165) is 34.7 Å². The maximum Gasteiger partial charge on any atom is 0.320 e. The Kier molecular flexibility index (Phi) is 6.59. The number of aromatic nitrogens is 2. The zero-order valence-electron chi connectivity index (χ0n) is 24.0. The Labute approximate surface area is 239 Å². The molecule has 2 fully saturated rings. The minimum atomic E-state index is -0.699. The van der Waals surface area contributed by atoms with Crippen LogP contribution in [-0.4, -0.2) is 75.1 Å². The minimum Gasteiger partial charge on any atom is -0.324 e. The molecule has 0 saturated carbocycles. The first-order valence-corrected chi connectivity index (χ1v) is 14.3. The molecule has 3 aliphatic rings. The first-order valence-electron chi connectivity index (χ1n) is 14.3. The third-order valence-electron chi connectivity index (χ3n) is 8.79. The maximum absolute atomic E-state index is 13.4. The molecule has 3 aliphatic heterocycles. The van der Waals surface area contributed by atoms with Crippen LogP contribution in [0, 0.1) is 0 Å². The van der Waals surface area contributed by atoms with Gasteiger partial charge in [-0.25, -0.2) is 4.79 Å². The Morgan fingerprint density at radius 3 is 2.54 bits per heavy atom. The smallest absolute Gasteiger partial charge is 0.320 e. The predicted molar refractivity (Wildman–Crippen MR) is 155 cm³/mol. The lowest BCUT2D eigenvalue weighted by molar-refractivity contribution is -0.134. The Morgan fingerprint density at radius 1 is 1.07 bits per heavy atom. The number of urea groups is 1. The van der Waals surface area contributed by atoms with Crippen LogP contribution in [-0.2, 0) is 16.0 Å². The number of imide groups is 1. The van der Waals surface area contributed by atoms with Crippen molar-refractivity contribution in [3.63, 3.8) is 0 Å². The second-order valence-corrected chi connectivity index (χ2v) is 12.4. The van der Waals surface area contributed by atoms with Gasteiger partial charge in [0.1, 0.15) is 6.04 Å². The monoisotopic (exact) mass is 556 g/mol.